The summed E-state index contributed by atoms with van der Waals surface area (Å²) >= 11 is 0. The molecular weight excluding hydrogens is 262 g/mol. The van der Waals surface area contributed by atoms with Crippen LogP contribution in [0.5, 0.6) is 0 Å². The van der Waals surface area contributed by atoms with Crippen LogP contribution in [0.25, 0.3) is 0 Å². The van der Waals surface area contributed by atoms with E-state index in [-0.39, 0.29) is 0 Å². The van der Waals surface area contributed by atoms with E-state index in [1.54, 1.807) is 6.20 Å². The lowest BCUT2D eigenvalue weighted by Crippen LogP contribution is -2.38. The van der Waals surface area contributed by atoms with Crippen LogP contribution in [0.3, 0.4) is 0 Å². The van der Waals surface area contributed by atoms with Gasteiger partial charge in [-0.3, -0.25) is 14.9 Å². The van der Waals surface area contributed by atoms with Crippen LogP contribution in [0.2, 0.25) is 0 Å². The van der Waals surface area contributed by atoms with E-state index < -0.39 is 0 Å². The first-order chi connectivity index (χ1) is 10.4. The van der Waals surface area contributed by atoms with Gasteiger partial charge in [0.2, 0.25) is 0 Å². The van der Waals surface area contributed by atoms with E-state index in [9.17, 15) is 0 Å². The molecule has 0 spiro atoms. The fourth-order valence-corrected chi connectivity index (χ4v) is 4.72. The average Bonchev–Trinajstić information content (AvgIpc) is 3.11. The summed E-state index contributed by atoms with van der Waals surface area (Å²) in [5, 5.41) is 0. The summed E-state index contributed by atoms with van der Waals surface area (Å²) in [4.78, 5) is 11.5. The number of fused-ring (bicyclic) bond motifs is 1. The second kappa shape index (κ2) is 6.01. The first-order valence-corrected chi connectivity index (χ1v) is 8.47. The molecule has 3 atom stereocenters. The third kappa shape index (κ3) is 2.84. The van der Waals surface area contributed by atoms with Crippen molar-refractivity contribution >= 4 is 0 Å². The second-order valence-electron chi connectivity index (χ2n) is 6.96. The van der Waals surface area contributed by atoms with Gasteiger partial charge in [0, 0.05) is 50.9 Å². The minimum Gasteiger partial charge on any atom is -0.381 e. The quantitative estimate of drug-likeness (QED) is 0.854. The number of aromatic nitrogens is 2. The Morgan fingerprint density at radius 3 is 2.81 bits per heavy atom. The molecule has 1 saturated carbocycles. The van der Waals surface area contributed by atoms with Gasteiger partial charge >= 0.3 is 0 Å². The number of likely N-dealkylation sites (tertiary alicyclic amines) is 1. The SMILES string of the molecule is c1cnc(C[C@H]2CC[C@@H]3CN(C4CCOCC4)C[C@H]23)cn1. The molecule has 114 valence electrons. The Labute approximate surface area is 126 Å². The molecule has 4 heteroatoms. The van der Waals surface area contributed by atoms with Gasteiger partial charge in [0.05, 0.1) is 5.69 Å². The molecule has 1 aliphatic carbocycles. The molecule has 3 fully saturated rings. The fourth-order valence-electron chi connectivity index (χ4n) is 4.72. The minimum atomic E-state index is 0.779. The van der Waals surface area contributed by atoms with Crippen molar-refractivity contribution in [1.29, 1.82) is 0 Å². The summed E-state index contributed by atoms with van der Waals surface area (Å²) in [5.74, 6) is 2.63. The highest BCUT2D eigenvalue weighted by Gasteiger charge is 2.44. The van der Waals surface area contributed by atoms with E-state index in [4.69, 9.17) is 4.74 Å². The van der Waals surface area contributed by atoms with E-state index in [2.05, 4.69) is 14.9 Å². The first kappa shape index (κ1) is 13.6. The van der Waals surface area contributed by atoms with Crippen molar-refractivity contribution in [3.63, 3.8) is 0 Å². The van der Waals surface area contributed by atoms with Crippen molar-refractivity contribution in [1.82, 2.24) is 14.9 Å². The van der Waals surface area contributed by atoms with Crippen LogP contribution in [0.15, 0.2) is 18.6 Å². The van der Waals surface area contributed by atoms with Crippen LogP contribution in [0.4, 0.5) is 0 Å². The molecule has 0 amide bonds. The monoisotopic (exact) mass is 287 g/mol. The number of hydrogen-bond donors (Lipinski definition) is 0. The predicted molar refractivity (Wildman–Crippen MR) is 80.9 cm³/mol. The highest BCUT2D eigenvalue weighted by Crippen LogP contribution is 2.44. The molecule has 3 aliphatic rings. The molecule has 0 bridgehead atoms. The summed E-state index contributed by atoms with van der Waals surface area (Å²) in [6.45, 7) is 4.55. The predicted octanol–water partition coefficient (Wildman–Crippen LogP) is 2.16. The molecule has 21 heavy (non-hydrogen) atoms. The molecule has 2 aliphatic heterocycles. The molecule has 4 rings (SSSR count). The van der Waals surface area contributed by atoms with Gasteiger partial charge in [-0.2, -0.15) is 0 Å². The molecule has 0 radical (unpaired) electrons. The molecule has 0 N–H and O–H groups in total. The first-order valence-electron chi connectivity index (χ1n) is 8.47. The Balaban J connectivity index is 1.39. The van der Waals surface area contributed by atoms with Gasteiger partial charge < -0.3 is 4.74 Å². The Kier molecular flexibility index (Phi) is 3.91. The Morgan fingerprint density at radius 2 is 2.00 bits per heavy atom. The van der Waals surface area contributed by atoms with Crippen LogP contribution in [0.1, 0.15) is 31.4 Å². The zero-order valence-corrected chi connectivity index (χ0v) is 12.7. The largest absolute Gasteiger partial charge is 0.381 e. The number of nitrogens with zero attached hydrogens (tertiary/aromatic N) is 3. The van der Waals surface area contributed by atoms with Crippen molar-refractivity contribution in [2.75, 3.05) is 26.3 Å². The van der Waals surface area contributed by atoms with Crippen LogP contribution in [0, 0.1) is 17.8 Å². The van der Waals surface area contributed by atoms with Crippen molar-refractivity contribution in [3.05, 3.63) is 24.3 Å². The van der Waals surface area contributed by atoms with Gasteiger partial charge in [0.25, 0.3) is 0 Å². The van der Waals surface area contributed by atoms with Gasteiger partial charge in [0.15, 0.2) is 0 Å². The van der Waals surface area contributed by atoms with E-state index in [0.29, 0.717) is 0 Å². The number of hydrogen-bond acceptors (Lipinski definition) is 4. The van der Waals surface area contributed by atoms with E-state index in [1.165, 1.54) is 44.5 Å². The van der Waals surface area contributed by atoms with Crippen molar-refractivity contribution in [2.24, 2.45) is 17.8 Å². The van der Waals surface area contributed by atoms with Crippen LogP contribution in [-0.2, 0) is 11.2 Å². The maximum atomic E-state index is 5.51. The third-order valence-electron chi connectivity index (χ3n) is 5.83. The average molecular weight is 287 g/mol. The minimum absolute atomic E-state index is 0.779. The lowest BCUT2D eigenvalue weighted by atomic mass is 9.89. The highest BCUT2D eigenvalue weighted by molar-refractivity contribution is 5.02. The topological polar surface area (TPSA) is 38.2 Å². The third-order valence-corrected chi connectivity index (χ3v) is 5.83. The van der Waals surface area contributed by atoms with Crippen LogP contribution < -0.4 is 0 Å². The number of rotatable bonds is 3. The summed E-state index contributed by atoms with van der Waals surface area (Å²) in [5.41, 5.74) is 1.17. The van der Waals surface area contributed by atoms with E-state index in [0.717, 1.165) is 43.4 Å². The van der Waals surface area contributed by atoms with Crippen molar-refractivity contribution < 1.29 is 4.74 Å². The van der Waals surface area contributed by atoms with E-state index in [1.807, 2.05) is 12.4 Å². The Morgan fingerprint density at radius 1 is 1.10 bits per heavy atom. The molecule has 1 aromatic rings. The molecule has 0 unspecified atom stereocenters. The lowest BCUT2D eigenvalue weighted by Gasteiger charge is -2.32. The van der Waals surface area contributed by atoms with E-state index >= 15 is 0 Å². The number of ether oxygens (including phenoxy) is 1. The summed E-state index contributed by atoms with van der Waals surface area (Å²) < 4.78 is 5.51. The van der Waals surface area contributed by atoms with Gasteiger partial charge in [-0.15, -0.1) is 0 Å². The summed E-state index contributed by atoms with van der Waals surface area (Å²) in [6, 6.07) is 0.779. The summed E-state index contributed by atoms with van der Waals surface area (Å²) in [6.07, 6.45) is 11.9. The Bertz CT molecular complexity index is 460. The highest BCUT2D eigenvalue weighted by atomic mass is 16.5. The molecule has 3 heterocycles. The van der Waals surface area contributed by atoms with Gasteiger partial charge in [0.1, 0.15) is 0 Å². The molecule has 0 aromatic carbocycles. The second-order valence-corrected chi connectivity index (χ2v) is 6.96. The van der Waals surface area contributed by atoms with Gasteiger partial charge in [-0.25, -0.2) is 0 Å². The van der Waals surface area contributed by atoms with Crippen LogP contribution in [-0.4, -0.2) is 47.2 Å². The van der Waals surface area contributed by atoms with Crippen LogP contribution >= 0.6 is 0 Å². The zero-order chi connectivity index (χ0) is 14.1. The lowest BCUT2D eigenvalue weighted by molar-refractivity contribution is 0.0389. The van der Waals surface area contributed by atoms with Crippen molar-refractivity contribution in [3.8, 4) is 0 Å². The fraction of sp³-hybridized carbons (Fsp3) is 0.765. The molecule has 4 nitrogen and oxygen atoms in total. The molecule has 2 saturated heterocycles. The van der Waals surface area contributed by atoms with Gasteiger partial charge in [-0.1, -0.05) is 0 Å². The molecular formula is C17H25N3O. The smallest absolute Gasteiger partial charge is 0.0589 e. The molecule has 1 aromatic heterocycles. The maximum Gasteiger partial charge on any atom is 0.0589 e. The van der Waals surface area contributed by atoms with Gasteiger partial charge in [-0.05, 0) is 49.9 Å². The normalized spacial score (nSPS) is 34.2. The van der Waals surface area contributed by atoms with Crippen molar-refractivity contribution in [2.45, 2.75) is 38.1 Å². The standard InChI is InChI=1S/C17H25N3O/c1-2-14-11-20(16-3-7-21-8-4-16)12-17(14)13(1)9-15-10-18-5-6-19-15/h5-6,10,13-14,16-17H,1-4,7-9,11-12H2/t13-,14-,17-/m1/s1. The zero-order valence-electron chi connectivity index (χ0n) is 12.7. The summed E-state index contributed by atoms with van der Waals surface area (Å²) in [7, 11) is 0. The maximum absolute atomic E-state index is 5.51. The Hall–Kier alpha value is -1.00.